The molecular formula is C25H23FN2O2. The van der Waals surface area contributed by atoms with Crippen molar-refractivity contribution in [2.24, 2.45) is 5.92 Å². The number of aliphatic hydroxyl groups is 1. The van der Waals surface area contributed by atoms with E-state index in [-0.39, 0.29) is 36.3 Å². The number of rotatable bonds is 3. The van der Waals surface area contributed by atoms with Gasteiger partial charge < -0.3 is 15.3 Å². The molecule has 5 heteroatoms. The van der Waals surface area contributed by atoms with Gasteiger partial charge in [-0.3, -0.25) is 4.79 Å². The van der Waals surface area contributed by atoms with Crippen molar-refractivity contribution in [3.63, 3.8) is 0 Å². The van der Waals surface area contributed by atoms with Gasteiger partial charge in [-0.15, -0.1) is 0 Å². The molecule has 0 aromatic heterocycles. The molecule has 2 aliphatic heterocycles. The van der Waals surface area contributed by atoms with Crippen LogP contribution in [0.5, 0.6) is 0 Å². The fraction of sp³-hybridized carbons (Fsp3) is 0.240. The predicted molar refractivity (Wildman–Crippen MR) is 115 cm³/mol. The number of benzene rings is 3. The number of nitrogens with one attached hydrogen (secondary N) is 1. The summed E-state index contributed by atoms with van der Waals surface area (Å²) in [6.45, 7) is 0.676. The van der Waals surface area contributed by atoms with Gasteiger partial charge in [0.05, 0.1) is 18.7 Å². The average molecular weight is 402 g/mol. The molecule has 2 N–H and O–H groups in total. The van der Waals surface area contributed by atoms with Crippen LogP contribution in [0.1, 0.15) is 28.4 Å². The first-order valence-electron chi connectivity index (χ1n) is 10.3. The maximum atomic E-state index is 13.4. The minimum absolute atomic E-state index is 0.0137. The molecule has 4 nitrogen and oxygen atoms in total. The number of nitrogens with zero attached hydrogens (tertiary/aromatic N) is 1. The standard InChI is InChI=1S/C25H23FN2O2/c26-19-9-6-16(7-10-19)18-8-11-22-21(14-18)24-20(23(15-29)27-22)12-13-28(24)25(30)17-4-2-1-3-5-17/h1-11,14,20,23-24,27,29H,12-13,15H2/t20-,23-,24-/m0/s1. The number of hydrogen-bond donors (Lipinski definition) is 2. The van der Waals surface area contributed by atoms with E-state index in [0.717, 1.165) is 28.8 Å². The van der Waals surface area contributed by atoms with Crippen molar-refractivity contribution in [1.82, 2.24) is 4.90 Å². The average Bonchev–Trinajstić information content (AvgIpc) is 3.24. The van der Waals surface area contributed by atoms with Crippen molar-refractivity contribution in [1.29, 1.82) is 0 Å². The summed E-state index contributed by atoms with van der Waals surface area (Å²) in [7, 11) is 0. The van der Waals surface area contributed by atoms with E-state index < -0.39 is 0 Å². The van der Waals surface area contributed by atoms with Crippen LogP contribution in [-0.4, -0.2) is 35.1 Å². The maximum absolute atomic E-state index is 13.4. The smallest absolute Gasteiger partial charge is 0.254 e. The third kappa shape index (κ3) is 3.15. The topological polar surface area (TPSA) is 52.6 Å². The third-order valence-corrected chi connectivity index (χ3v) is 6.33. The highest BCUT2D eigenvalue weighted by molar-refractivity contribution is 5.95. The molecule has 0 radical (unpaired) electrons. The van der Waals surface area contributed by atoms with Gasteiger partial charge in [0, 0.05) is 23.7 Å². The molecule has 30 heavy (non-hydrogen) atoms. The summed E-state index contributed by atoms with van der Waals surface area (Å²) in [6.07, 6.45) is 0.835. The van der Waals surface area contributed by atoms with Gasteiger partial charge in [-0.05, 0) is 59.5 Å². The highest BCUT2D eigenvalue weighted by Crippen LogP contribution is 2.47. The highest BCUT2D eigenvalue weighted by Gasteiger charge is 2.45. The monoisotopic (exact) mass is 402 g/mol. The van der Waals surface area contributed by atoms with Crippen molar-refractivity contribution < 1.29 is 14.3 Å². The number of amides is 1. The molecule has 0 unspecified atom stereocenters. The molecule has 0 aliphatic carbocycles. The van der Waals surface area contributed by atoms with Gasteiger partial charge in [-0.1, -0.05) is 36.4 Å². The SMILES string of the molecule is O=C(c1ccccc1)N1CC[C@H]2[C@H](CO)Nc3ccc(-c4ccc(F)cc4)cc3[C@H]21. The van der Waals surface area contributed by atoms with Crippen LogP contribution in [-0.2, 0) is 0 Å². The number of aliphatic hydroxyl groups excluding tert-OH is 1. The molecule has 3 atom stereocenters. The lowest BCUT2D eigenvalue weighted by molar-refractivity contribution is 0.0701. The number of carbonyl (C=O) groups is 1. The first-order chi connectivity index (χ1) is 14.7. The Morgan fingerprint density at radius 3 is 2.50 bits per heavy atom. The molecule has 3 aromatic rings. The molecule has 1 saturated heterocycles. The summed E-state index contributed by atoms with van der Waals surface area (Å²) >= 11 is 0. The van der Waals surface area contributed by atoms with Crippen molar-refractivity contribution in [2.45, 2.75) is 18.5 Å². The van der Waals surface area contributed by atoms with Crippen LogP contribution >= 0.6 is 0 Å². The molecule has 2 heterocycles. The summed E-state index contributed by atoms with van der Waals surface area (Å²) in [4.78, 5) is 15.2. The van der Waals surface area contributed by atoms with Gasteiger partial charge in [0.2, 0.25) is 0 Å². The second-order valence-electron chi connectivity index (χ2n) is 8.00. The molecule has 3 aromatic carbocycles. The Hall–Kier alpha value is -3.18. The molecule has 2 aliphatic rings. The van der Waals surface area contributed by atoms with Crippen LogP contribution in [0.3, 0.4) is 0 Å². The molecular weight excluding hydrogens is 379 g/mol. The molecule has 0 spiro atoms. The first-order valence-corrected chi connectivity index (χ1v) is 10.3. The van der Waals surface area contributed by atoms with E-state index in [2.05, 4.69) is 11.4 Å². The lowest BCUT2D eigenvalue weighted by Gasteiger charge is -2.39. The summed E-state index contributed by atoms with van der Waals surface area (Å²) in [6, 6.07) is 21.7. The number of likely N-dealkylation sites (tertiary alicyclic amines) is 1. The summed E-state index contributed by atoms with van der Waals surface area (Å²) < 4.78 is 13.4. The second kappa shape index (κ2) is 7.58. The Morgan fingerprint density at radius 1 is 1.03 bits per heavy atom. The Kier molecular flexibility index (Phi) is 4.75. The van der Waals surface area contributed by atoms with E-state index in [1.165, 1.54) is 12.1 Å². The van der Waals surface area contributed by atoms with E-state index in [0.29, 0.717) is 12.1 Å². The van der Waals surface area contributed by atoms with Gasteiger partial charge in [-0.25, -0.2) is 4.39 Å². The van der Waals surface area contributed by atoms with Crippen molar-refractivity contribution in [3.05, 3.63) is 89.7 Å². The number of carbonyl (C=O) groups excluding carboxylic acids is 1. The zero-order valence-electron chi connectivity index (χ0n) is 16.5. The Bertz CT molecular complexity index is 1070. The van der Waals surface area contributed by atoms with Crippen LogP contribution in [0.2, 0.25) is 0 Å². The molecule has 0 saturated carbocycles. The number of halogens is 1. The molecule has 1 fully saturated rings. The fourth-order valence-corrected chi connectivity index (χ4v) is 4.86. The number of anilines is 1. The van der Waals surface area contributed by atoms with Crippen molar-refractivity contribution in [3.8, 4) is 11.1 Å². The van der Waals surface area contributed by atoms with Crippen LogP contribution in [0.4, 0.5) is 10.1 Å². The molecule has 5 rings (SSSR count). The Labute approximate surface area is 175 Å². The summed E-state index contributed by atoms with van der Waals surface area (Å²) in [5.74, 6) is -0.113. The Balaban J connectivity index is 1.57. The molecule has 0 bridgehead atoms. The first kappa shape index (κ1) is 18.8. The van der Waals surface area contributed by atoms with Crippen LogP contribution in [0, 0.1) is 11.7 Å². The molecule has 152 valence electrons. The highest BCUT2D eigenvalue weighted by atomic mass is 19.1. The normalized spacial score (nSPS) is 22.2. The maximum Gasteiger partial charge on any atom is 0.254 e. The van der Waals surface area contributed by atoms with Crippen LogP contribution in [0.25, 0.3) is 11.1 Å². The van der Waals surface area contributed by atoms with E-state index >= 15 is 0 Å². The third-order valence-electron chi connectivity index (χ3n) is 6.33. The quantitative estimate of drug-likeness (QED) is 0.679. The van der Waals surface area contributed by atoms with Crippen molar-refractivity contribution >= 4 is 11.6 Å². The van der Waals surface area contributed by atoms with E-state index in [4.69, 9.17) is 0 Å². The van der Waals surface area contributed by atoms with E-state index in [9.17, 15) is 14.3 Å². The lowest BCUT2D eigenvalue weighted by atomic mass is 9.82. The minimum atomic E-state index is -0.264. The summed E-state index contributed by atoms with van der Waals surface area (Å²) in [5.41, 5.74) is 4.57. The second-order valence-corrected chi connectivity index (χ2v) is 8.00. The zero-order valence-corrected chi connectivity index (χ0v) is 16.5. The minimum Gasteiger partial charge on any atom is -0.394 e. The summed E-state index contributed by atoms with van der Waals surface area (Å²) in [5, 5.41) is 13.4. The van der Waals surface area contributed by atoms with Crippen molar-refractivity contribution in [2.75, 3.05) is 18.5 Å². The Morgan fingerprint density at radius 2 is 1.77 bits per heavy atom. The van der Waals surface area contributed by atoms with E-state index in [1.807, 2.05) is 47.4 Å². The predicted octanol–water partition coefficient (Wildman–Crippen LogP) is 4.48. The number of fused-ring (bicyclic) bond motifs is 3. The van der Waals surface area contributed by atoms with E-state index in [1.54, 1.807) is 12.1 Å². The van der Waals surface area contributed by atoms with Gasteiger partial charge >= 0.3 is 0 Å². The van der Waals surface area contributed by atoms with Gasteiger partial charge in [0.25, 0.3) is 5.91 Å². The van der Waals surface area contributed by atoms with Crippen LogP contribution in [0.15, 0.2) is 72.8 Å². The fourth-order valence-electron chi connectivity index (χ4n) is 4.86. The van der Waals surface area contributed by atoms with Gasteiger partial charge in [-0.2, -0.15) is 0 Å². The lowest BCUT2D eigenvalue weighted by Crippen LogP contribution is -2.42. The molecule has 1 amide bonds. The largest absolute Gasteiger partial charge is 0.394 e. The van der Waals surface area contributed by atoms with Gasteiger partial charge in [0.15, 0.2) is 0 Å². The van der Waals surface area contributed by atoms with Crippen LogP contribution < -0.4 is 5.32 Å². The zero-order chi connectivity index (χ0) is 20.7. The van der Waals surface area contributed by atoms with Gasteiger partial charge in [0.1, 0.15) is 5.82 Å². The number of hydrogen-bond acceptors (Lipinski definition) is 3.